The Morgan fingerprint density at radius 3 is 2.93 bits per heavy atom. The van der Waals surface area contributed by atoms with Crippen LogP contribution < -0.4 is 5.73 Å². The lowest BCUT2D eigenvalue weighted by atomic mass is 10.2. The van der Waals surface area contributed by atoms with Crippen LogP contribution in [0.25, 0.3) is 11.0 Å². The number of amides is 1. The Bertz CT molecular complexity index is 1110. The number of carbonyl (C=O) groups excluding carboxylic acids is 1. The number of thiazole rings is 1. The van der Waals surface area contributed by atoms with Crippen molar-refractivity contribution in [1.29, 1.82) is 0 Å². The van der Waals surface area contributed by atoms with Gasteiger partial charge in [0.2, 0.25) is 10.0 Å². The van der Waals surface area contributed by atoms with Crippen molar-refractivity contribution in [3.05, 3.63) is 35.6 Å². The molecule has 1 aliphatic heterocycles. The third-order valence-electron chi connectivity index (χ3n) is 4.59. The van der Waals surface area contributed by atoms with E-state index in [4.69, 9.17) is 5.73 Å². The standard InChI is InChI=1S/C16H18N6O3S2/c1-10-8-21(15(23)12-9-26-16(17)20-12)5-6-22(10)27(24,25)13-7-19-14-11(13)3-2-4-18-14/h2-4,7,9-10H,5-6,8H2,1H3,(H2,17,20)(H,18,19)/t10-/m1/s1. The number of pyridine rings is 1. The zero-order chi connectivity index (χ0) is 19.2. The molecular formula is C16H18N6O3S2. The number of hydrogen-bond acceptors (Lipinski definition) is 7. The van der Waals surface area contributed by atoms with Gasteiger partial charge in [0.25, 0.3) is 5.91 Å². The molecule has 27 heavy (non-hydrogen) atoms. The number of H-pyrrole nitrogens is 1. The number of sulfonamides is 1. The molecule has 1 aliphatic rings. The van der Waals surface area contributed by atoms with Crippen LogP contribution in [0.2, 0.25) is 0 Å². The molecule has 0 aromatic carbocycles. The molecule has 1 amide bonds. The Labute approximate surface area is 159 Å². The first kappa shape index (κ1) is 17.9. The number of nitrogens with one attached hydrogen (secondary N) is 1. The number of fused-ring (bicyclic) bond motifs is 1. The van der Waals surface area contributed by atoms with Gasteiger partial charge in [0.1, 0.15) is 16.2 Å². The van der Waals surface area contributed by atoms with Crippen molar-refractivity contribution in [2.24, 2.45) is 0 Å². The Morgan fingerprint density at radius 2 is 2.22 bits per heavy atom. The molecule has 1 atom stereocenters. The highest BCUT2D eigenvalue weighted by Crippen LogP contribution is 2.27. The fourth-order valence-corrected chi connectivity index (χ4v) is 5.60. The predicted molar refractivity (Wildman–Crippen MR) is 102 cm³/mol. The number of anilines is 1. The van der Waals surface area contributed by atoms with Crippen LogP contribution in [-0.2, 0) is 10.0 Å². The Kier molecular flexibility index (Phi) is 4.36. The van der Waals surface area contributed by atoms with Crippen LogP contribution in [0, 0.1) is 0 Å². The smallest absolute Gasteiger partial charge is 0.273 e. The van der Waals surface area contributed by atoms with E-state index in [9.17, 15) is 13.2 Å². The molecule has 11 heteroatoms. The summed E-state index contributed by atoms with van der Waals surface area (Å²) < 4.78 is 27.8. The molecular weight excluding hydrogens is 388 g/mol. The maximum absolute atomic E-state index is 13.2. The van der Waals surface area contributed by atoms with Crippen molar-refractivity contribution >= 4 is 43.4 Å². The van der Waals surface area contributed by atoms with Crippen LogP contribution in [-0.4, -0.2) is 64.2 Å². The molecule has 4 rings (SSSR count). The first-order chi connectivity index (χ1) is 12.9. The van der Waals surface area contributed by atoms with E-state index in [-0.39, 0.29) is 29.9 Å². The van der Waals surface area contributed by atoms with Crippen molar-refractivity contribution in [3.8, 4) is 0 Å². The summed E-state index contributed by atoms with van der Waals surface area (Å²) in [6.07, 6.45) is 3.07. The van der Waals surface area contributed by atoms with Crippen LogP contribution in [0.3, 0.4) is 0 Å². The van der Waals surface area contributed by atoms with E-state index < -0.39 is 10.0 Å². The first-order valence-electron chi connectivity index (χ1n) is 8.32. The summed E-state index contributed by atoms with van der Waals surface area (Å²) in [5.41, 5.74) is 6.41. The van der Waals surface area contributed by atoms with Gasteiger partial charge < -0.3 is 15.6 Å². The zero-order valence-electron chi connectivity index (χ0n) is 14.5. The van der Waals surface area contributed by atoms with Crippen LogP contribution >= 0.6 is 11.3 Å². The number of nitrogens with zero attached hydrogens (tertiary/aromatic N) is 4. The normalized spacial score (nSPS) is 18.9. The molecule has 1 fully saturated rings. The minimum atomic E-state index is -3.71. The number of nitrogen functional groups attached to an aromatic ring is 1. The predicted octanol–water partition coefficient (Wildman–Crippen LogP) is 1.14. The SMILES string of the molecule is C[C@@H]1CN(C(=O)c2csc(N)n2)CCN1S(=O)(=O)c1c[nH]c2ncccc12. The van der Waals surface area contributed by atoms with E-state index in [0.29, 0.717) is 28.4 Å². The lowest BCUT2D eigenvalue weighted by molar-refractivity contribution is 0.0637. The molecule has 3 N–H and O–H groups in total. The molecule has 3 aromatic heterocycles. The van der Waals surface area contributed by atoms with Gasteiger partial charge in [0, 0.05) is 48.8 Å². The van der Waals surface area contributed by atoms with Gasteiger partial charge in [0.15, 0.2) is 5.13 Å². The van der Waals surface area contributed by atoms with E-state index in [1.54, 1.807) is 35.5 Å². The summed E-state index contributed by atoms with van der Waals surface area (Å²) in [7, 11) is -3.71. The van der Waals surface area contributed by atoms with Gasteiger partial charge in [-0.15, -0.1) is 11.3 Å². The quantitative estimate of drug-likeness (QED) is 0.672. The minimum absolute atomic E-state index is 0.199. The monoisotopic (exact) mass is 406 g/mol. The highest BCUT2D eigenvalue weighted by Gasteiger charge is 2.37. The number of carbonyl (C=O) groups is 1. The molecule has 0 unspecified atom stereocenters. The van der Waals surface area contributed by atoms with Gasteiger partial charge in [-0.05, 0) is 19.1 Å². The van der Waals surface area contributed by atoms with E-state index >= 15 is 0 Å². The average Bonchev–Trinajstić information content (AvgIpc) is 3.27. The molecule has 0 aliphatic carbocycles. The number of hydrogen-bond donors (Lipinski definition) is 2. The summed E-state index contributed by atoms with van der Waals surface area (Å²) >= 11 is 1.21. The van der Waals surface area contributed by atoms with Gasteiger partial charge >= 0.3 is 0 Å². The van der Waals surface area contributed by atoms with Gasteiger partial charge in [-0.25, -0.2) is 18.4 Å². The minimum Gasteiger partial charge on any atom is -0.375 e. The van der Waals surface area contributed by atoms with E-state index in [2.05, 4.69) is 15.0 Å². The van der Waals surface area contributed by atoms with Gasteiger partial charge in [0.05, 0.1) is 0 Å². The van der Waals surface area contributed by atoms with E-state index in [1.807, 2.05) is 0 Å². The molecule has 142 valence electrons. The highest BCUT2D eigenvalue weighted by molar-refractivity contribution is 7.89. The topological polar surface area (TPSA) is 125 Å². The maximum Gasteiger partial charge on any atom is 0.273 e. The number of aromatic nitrogens is 3. The molecule has 1 saturated heterocycles. The second-order valence-electron chi connectivity index (χ2n) is 6.34. The number of aromatic amines is 1. The van der Waals surface area contributed by atoms with Crippen molar-refractivity contribution in [2.75, 3.05) is 25.4 Å². The number of nitrogens with two attached hydrogens (primary N) is 1. The van der Waals surface area contributed by atoms with Crippen LogP contribution in [0.4, 0.5) is 5.13 Å². The number of rotatable bonds is 3. The summed E-state index contributed by atoms with van der Waals surface area (Å²) in [5, 5.41) is 2.51. The van der Waals surface area contributed by atoms with Crippen molar-refractivity contribution < 1.29 is 13.2 Å². The lowest BCUT2D eigenvalue weighted by Crippen LogP contribution is -2.55. The first-order valence-corrected chi connectivity index (χ1v) is 10.6. The molecule has 3 aromatic rings. The van der Waals surface area contributed by atoms with E-state index in [0.717, 1.165) is 0 Å². The molecule has 9 nitrogen and oxygen atoms in total. The molecule has 0 saturated carbocycles. The van der Waals surface area contributed by atoms with Crippen molar-refractivity contribution in [2.45, 2.75) is 17.9 Å². The van der Waals surface area contributed by atoms with Crippen LogP contribution in [0.15, 0.2) is 34.8 Å². The van der Waals surface area contributed by atoms with Crippen molar-refractivity contribution in [1.82, 2.24) is 24.2 Å². The van der Waals surface area contributed by atoms with Gasteiger partial charge in [-0.3, -0.25) is 4.79 Å². The zero-order valence-corrected chi connectivity index (χ0v) is 16.1. The third kappa shape index (κ3) is 3.07. The van der Waals surface area contributed by atoms with Gasteiger partial charge in [-0.1, -0.05) is 0 Å². The molecule has 0 spiro atoms. The van der Waals surface area contributed by atoms with Crippen LogP contribution in [0.1, 0.15) is 17.4 Å². The summed E-state index contributed by atoms with van der Waals surface area (Å²) in [5.74, 6) is -0.233. The fraction of sp³-hybridized carbons (Fsp3) is 0.312. The largest absolute Gasteiger partial charge is 0.375 e. The number of piperazine rings is 1. The molecule has 4 heterocycles. The summed E-state index contributed by atoms with van der Waals surface area (Å²) in [6.45, 7) is 2.58. The summed E-state index contributed by atoms with van der Waals surface area (Å²) in [4.78, 5) is 25.4. The highest BCUT2D eigenvalue weighted by atomic mass is 32.2. The Hall–Kier alpha value is -2.50. The Morgan fingerprint density at radius 1 is 1.41 bits per heavy atom. The lowest BCUT2D eigenvalue weighted by Gasteiger charge is -2.38. The maximum atomic E-state index is 13.2. The summed E-state index contributed by atoms with van der Waals surface area (Å²) in [6, 6.07) is 3.06. The second-order valence-corrected chi connectivity index (χ2v) is 9.09. The molecule has 0 bridgehead atoms. The van der Waals surface area contributed by atoms with Gasteiger partial charge in [-0.2, -0.15) is 4.31 Å². The van der Waals surface area contributed by atoms with E-state index in [1.165, 1.54) is 21.8 Å². The Balaban J connectivity index is 1.57. The third-order valence-corrected chi connectivity index (χ3v) is 7.32. The second kappa shape index (κ2) is 6.59. The van der Waals surface area contributed by atoms with Crippen molar-refractivity contribution in [3.63, 3.8) is 0 Å². The molecule has 0 radical (unpaired) electrons. The fourth-order valence-electron chi connectivity index (χ4n) is 3.30. The van der Waals surface area contributed by atoms with Crippen LogP contribution in [0.5, 0.6) is 0 Å². The average molecular weight is 406 g/mol.